The highest BCUT2D eigenvalue weighted by atomic mass is 16.2. The number of hydrogen-bond acceptors (Lipinski definition) is 5. The van der Waals surface area contributed by atoms with Gasteiger partial charge in [0.25, 0.3) is 11.8 Å². The number of hydrogen-bond donors (Lipinski definition) is 2. The normalized spacial score (nSPS) is 13.8. The molecular formula is C25H30N6O2. The first kappa shape index (κ1) is 22.5. The third-order valence-electron chi connectivity index (χ3n) is 5.75. The molecule has 0 saturated carbocycles. The molecule has 4 rings (SSSR count). The highest BCUT2D eigenvalue weighted by Crippen LogP contribution is 2.20. The summed E-state index contributed by atoms with van der Waals surface area (Å²) in [5, 5.41) is 10.5. The molecule has 0 atom stereocenters. The van der Waals surface area contributed by atoms with Crippen LogP contribution in [0.5, 0.6) is 0 Å². The minimum atomic E-state index is -0.0783. The summed E-state index contributed by atoms with van der Waals surface area (Å²) in [6.07, 6.45) is 0. The average Bonchev–Trinajstić information content (AvgIpc) is 3.26. The molecule has 0 radical (unpaired) electrons. The van der Waals surface area contributed by atoms with Crippen molar-refractivity contribution < 1.29 is 9.59 Å². The third kappa shape index (κ3) is 5.23. The van der Waals surface area contributed by atoms with Crippen LogP contribution in [0, 0.1) is 6.92 Å². The number of piperazine rings is 1. The Hall–Kier alpha value is -3.65. The molecule has 2 heterocycles. The van der Waals surface area contributed by atoms with E-state index in [1.807, 2.05) is 79.5 Å². The van der Waals surface area contributed by atoms with Gasteiger partial charge in [0.1, 0.15) is 5.69 Å². The molecule has 8 heteroatoms. The highest BCUT2D eigenvalue weighted by Gasteiger charge is 2.26. The molecule has 33 heavy (non-hydrogen) atoms. The van der Waals surface area contributed by atoms with Gasteiger partial charge in [0, 0.05) is 50.5 Å². The van der Waals surface area contributed by atoms with E-state index < -0.39 is 0 Å². The van der Waals surface area contributed by atoms with Gasteiger partial charge in [-0.2, -0.15) is 5.10 Å². The van der Waals surface area contributed by atoms with Crippen LogP contribution in [-0.2, 0) is 0 Å². The maximum atomic E-state index is 13.3. The largest absolute Gasteiger partial charge is 0.368 e. The smallest absolute Gasteiger partial charge is 0.272 e. The van der Waals surface area contributed by atoms with E-state index in [1.165, 1.54) is 0 Å². The predicted octanol–water partition coefficient (Wildman–Crippen LogP) is 2.09. The Bertz CT molecular complexity index is 1100. The Labute approximate surface area is 194 Å². The van der Waals surface area contributed by atoms with Gasteiger partial charge >= 0.3 is 0 Å². The van der Waals surface area contributed by atoms with Crippen molar-refractivity contribution in [1.29, 1.82) is 0 Å². The van der Waals surface area contributed by atoms with Crippen molar-refractivity contribution in [3.8, 4) is 5.69 Å². The summed E-state index contributed by atoms with van der Waals surface area (Å²) in [6, 6.07) is 19.2. The predicted molar refractivity (Wildman–Crippen MR) is 129 cm³/mol. The number of aryl methyl sites for hydroxylation is 1. The molecule has 3 aromatic rings. The lowest BCUT2D eigenvalue weighted by Crippen LogP contribution is -2.49. The van der Waals surface area contributed by atoms with Gasteiger partial charge in [0.2, 0.25) is 0 Å². The quantitative estimate of drug-likeness (QED) is 0.543. The highest BCUT2D eigenvalue weighted by molar-refractivity contribution is 5.95. The van der Waals surface area contributed by atoms with Crippen LogP contribution in [0.4, 0.5) is 5.69 Å². The van der Waals surface area contributed by atoms with Crippen LogP contribution in [0.25, 0.3) is 5.69 Å². The maximum Gasteiger partial charge on any atom is 0.272 e. The van der Waals surface area contributed by atoms with Crippen LogP contribution in [-0.4, -0.2) is 72.8 Å². The third-order valence-corrected chi connectivity index (χ3v) is 5.75. The summed E-state index contributed by atoms with van der Waals surface area (Å²) < 4.78 is 1.72. The molecule has 1 aliphatic heterocycles. The summed E-state index contributed by atoms with van der Waals surface area (Å²) >= 11 is 0. The molecule has 8 nitrogen and oxygen atoms in total. The topological polar surface area (TPSA) is 82.5 Å². The lowest BCUT2D eigenvalue weighted by molar-refractivity contribution is 0.0737. The summed E-state index contributed by atoms with van der Waals surface area (Å²) in [5.41, 5.74) is 3.90. The second-order valence-corrected chi connectivity index (χ2v) is 8.11. The number of para-hydroxylation sites is 1. The van der Waals surface area contributed by atoms with Crippen molar-refractivity contribution in [2.24, 2.45) is 0 Å². The van der Waals surface area contributed by atoms with Crippen molar-refractivity contribution >= 4 is 17.5 Å². The van der Waals surface area contributed by atoms with Gasteiger partial charge in [-0.15, -0.1) is 0 Å². The number of likely N-dealkylation sites (N-methyl/N-ethyl adjacent to an activating group) is 1. The SMILES string of the molecule is CNCCNC(=O)c1cccc(N2CCN(C(=O)c3cc(C)nn3-c3ccccc3)CC2)c1. The molecule has 1 fully saturated rings. The van der Waals surface area contributed by atoms with E-state index >= 15 is 0 Å². The first-order valence-electron chi connectivity index (χ1n) is 11.3. The standard InChI is InChI=1S/C25H30N6O2/c1-19-17-23(31(28-19)21-8-4-3-5-9-21)25(33)30-15-13-29(14-16-30)22-10-6-7-20(18-22)24(32)27-12-11-26-2/h3-10,17-18,26H,11-16H2,1-2H3,(H,27,32). The lowest BCUT2D eigenvalue weighted by Gasteiger charge is -2.36. The van der Waals surface area contributed by atoms with Crippen LogP contribution in [0.15, 0.2) is 60.7 Å². The summed E-state index contributed by atoms with van der Waals surface area (Å²) in [7, 11) is 1.85. The van der Waals surface area contributed by atoms with Crippen molar-refractivity contribution in [2.45, 2.75) is 6.92 Å². The van der Waals surface area contributed by atoms with Crippen LogP contribution in [0.2, 0.25) is 0 Å². The van der Waals surface area contributed by atoms with Gasteiger partial charge in [0.05, 0.1) is 11.4 Å². The molecule has 1 aromatic heterocycles. The van der Waals surface area contributed by atoms with Crippen LogP contribution >= 0.6 is 0 Å². The molecular weight excluding hydrogens is 416 g/mol. The molecule has 2 amide bonds. The van der Waals surface area contributed by atoms with E-state index in [1.54, 1.807) is 4.68 Å². The van der Waals surface area contributed by atoms with Gasteiger partial charge in [-0.1, -0.05) is 24.3 Å². The van der Waals surface area contributed by atoms with Crippen molar-refractivity contribution in [3.63, 3.8) is 0 Å². The van der Waals surface area contributed by atoms with Gasteiger partial charge in [-0.25, -0.2) is 4.68 Å². The van der Waals surface area contributed by atoms with E-state index in [2.05, 4.69) is 20.6 Å². The molecule has 2 N–H and O–H groups in total. The number of anilines is 1. The number of benzene rings is 2. The fraction of sp³-hybridized carbons (Fsp3) is 0.320. The number of carbonyl (C=O) groups is 2. The zero-order chi connectivity index (χ0) is 23.2. The summed E-state index contributed by atoms with van der Waals surface area (Å²) in [5.74, 6) is -0.0952. The molecule has 0 bridgehead atoms. The fourth-order valence-corrected chi connectivity index (χ4v) is 3.99. The van der Waals surface area contributed by atoms with Crippen molar-refractivity contribution in [3.05, 3.63) is 77.6 Å². The Kier molecular flexibility index (Phi) is 7.04. The number of carbonyl (C=O) groups excluding carboxylic acids is 2. The van der Waals surface area contributed by atoms with E-state index in [4.69, 9.17) is 0 Å². The molecule has 172 valence electrons. The van der Waals surface area contributed by atoms with Gasteiger partial charge in [-0.3, -0.25) is 9.59 Å². The van der Waals surface area contributed by atoms with Crippen molar-refractivity contribution in [2.75, 3.05) is 51.2 Å². The number of amides is 2. The molecule has 2 aromatic carbocycles. The number of rotatable bonds is 7. The number of aromatic nitrogens is 2. The molecule has 1 saturated heterocycles. The van der Waals surface area contributed by atoms with Crippen molar-refractivity contribution in [1.82, 2.24) is 25.3 Å². The molecule has 0 unspecified atom stereocenters. The molecule has 0 aliphatic carbocycles. The fourth-order valence-electron chi connectivity index (χ4n) is 3.99. The van der Waals surface area contributed by atoms with Crippen LogP contribution in [0.1, 0.15) is 26.5 Å². The van der Waals surface area contributed by atoms with Crippen LogP contribution < -0.4 is 15.5 Å². The Morgan fingerprint density at radius 2 is 1.64 bits per heavy atom. The molecule has 1 aliphatic rings. The Balaban J connectivity index is 1.41. The minimum absolute atomic E-state index is 0.0169. The first-order chi connectivity index (χ1) is 16.1. The van der Waals surface area contributed by atoms with Crippen LogP contribution in [0.3, 0.4) is 0 Å². The Morgan fingerprint density at radius 1 is 0.909 bits per heavy atom. The number of nitrogens with one attached hydrogen (secondary N) is 2. The average molecular weight is 447 g/mol. The zero-order valence-corrected chi connectivity index (χ0v) is 19.1. The van der Waals surface area contributed by atoms with E-state index in [9.17, 15) is 9.59 Å². The zero-order valence-electron chi connectivity index (χ0n) is 19.1. The second kappa shape index (κ2) is 10.3. The number of nitrogens with zero attached hydrogens (tertiary/aromatic N) is 4. The lowest BCUT2D eigenvalue weighted by atomic mass is 10.1. The monoisotopic (exact) mass is 446 g/mol. The van der Waals surface area contributed by atoms with Gasteiger partial charge < -0.3 is 20.4 Å². The van der Waals surface area contributed by atoms with E-state index in [0.717, 1.165) is 23.6 Å². The summed E-state index contributed by atoms with van der Waals surface area (Å²) in [6.45, 7) is 5.83. The summed E-state index contributed by atoms with van der Waals surface area (Å²) in [4.78, 5) is 29.8. The van der Waals surface area contributed by atoms with E-state index in [-0.39, 0.29) is 11.8 Å². The Morgan fingerprint density at radius 3 is 2.36 bits per heavy atom. The van der Waals surface area contributed by atoms with E-state index in [0.29, 0.717) is 44.0 Å². The van der Waals surface area contributed by atoms with Gasteiger partial charge in [-0.05, 0) is 50.4 Å². The maximum absolute atomic E-state index is 13.3. The van der Waals surface area contributed by atoms with Gasteiger partial charge in [0.15, 0.2) is 0 Å². The second-order valence-electron chi connectivity index (χ2n) is 8.11. The first-order valence-corrected chi connectivity index (χ1v) is 11.3. The minimum Gasteiger partial charge on any atom is -0.368 e. The molecule has 0 spiro atoms.